The second-order valence-corrected chi connectivity index (χ2v) is 18.5. The summed E-state index contributed by atoms with van der Waals surface area (Å²) in [5.74, 6) is 0.595. The molecular formula is C45H55Cl2N15O5. The van der Waals surface area contributed by atoms with Crippen LogP contribution in [0.15, 0.2) is 48.0 Å². The van der Waals surface area contributed by atoms with Crippen molar-refractivity contribution in [3.63, 3.8) is 0 Å². The molecule has 5 N–H and O–H groups in total. The quantitative estimate of drug-likeness (QED) is 0.0642. The Morgan fingerprint density at radius 2 is 1.69 bits per heavy atom. The van der Waals surface area contributed by atoms with E-state index in [0.717, 1.165) is 63.2 Å². The van der Waals surface area contributed by atoms with E-state index in [1.807, 2.05) is 24.0 Å². The fraction of sp³-hybridized carbons (Fsp3) is 0.489. The third kappa shape index (κ3) is 11.1. The molecule has 354 valence electrons. The number of aromatic nitrogens is 5. The number of anilines is 4. The van der Waals surface area contributed by atoms with Gasteiger partial charge < -0.3 is 30.7 Å². The molecule has 0 bridgehead atoms. The summed E-state index contributed by atoms with van der Waals surface area (Å²) in [7, 11) is 1.73. The number of halogens is 2. The van der Waals surface area contributed by atoms with Gasteiger partial charge in [0.15, 0.2) is 16.6 Å². The monoisotopic (exact) mass is 955 g/mol. The Balaban J connectivity index is 0.796. The van der Waals surface area contributed by atoms with Gasteiger partial charge in [0, 0.05) is 89.6 Å². The van der Waals surface area contributed by atoms with Crippen molar-refractivity contribution in [1.82, 2.24) is 44.6 Å². The molecule has 7 heterocycles. The largest absolute Gasteiger partial charge is 0.357 e. The van der Waals surface area contributed by atoms with Gasteiger partial charge in [0.1, 0.15) is 5.82 Å². The number of carbonyl (C=O) groups excluding carboxylic acids is 5. The molecule has 4 aromatic heterocycles. The molecule has 4 aliphatic rings. The lowest BCUT2D eigenvalue weighted by atomic mass is 9.80. The van der Waals surface area contributed by atoms with Gasteiger partial charge in [-0.1, -0.05) is 23.2 Å². The van der Waals surface area contributed by atoms with Gasteiger partial charge in [0.05, 0.1) is 52.7 Å². The molecule has 8 rings (SSSR count). The van der Waals surface area contributed by atoms with Crippen LogP contribution in [0.25, 0.3) is 5.65 Å². The second kappa shape index (κ2) is 21.1. The zero-order valence-electron chi connectivity index (χ0n) is 37.5. The Labute approximate surface area is 397 Å². The molecule has 3 saturated heterocycles. The van der Waals surface area contributed by atoms with Crippen molar-refractivity contribution in [2.75, 3.05) is 73.8 Å². The lowest BCUT2D eigenvalue weighted by Crippen LogP contribution is -2.52. The zero-order valence-corrected chi connectivity index (χ0v) is 39.0. The molecule has 3 aliphatic heterocycles. The van der Waals surface area contributed by atoms with E-state index in [1.54, 1.807) is 24.2 Å². The number of amides is 6. The highest BCUT2D eigenvalue weighted by molar-refractivity contribution is 6.33. The third-order valence-electron chi connectivity index (χ3n) is 13.5. The van der Waals surface area contributed by atoms with E-state index in [9.17, 15) is 24.0 Å². The molecule has 2 atom stereocenters. The Morgan fingerprint density at radius 1 is 0.940 bits per heavy atom. The molecule has 22 heteroatoms. The topological polar surface area (TPSA) is 239 Å². The van der Waals surface area contributed by atoms with Gasteiger partial charge in [-0.3, -0.25) is 34.8 Å². The SMILES string of the molecule is C[C@H](c1c(NC(=O)Nc2cnc(N/N=C\C=N)c(Cl)c2)cnc2cc(Cl)nn12)N(C)C(=O)C1CCC(C(=O)N2CCN(CC3CCN(c4cc(C5CCC(=O)NC5=O)ccn4)CC3)CC2)CC1. The predicted octanol–water partition coefficient (Wildman–Crippen LogP) is 5.42. The number of hydrogen-bond donors (Lipinski definition) is 5. The molecule has 1 unspecified atom stereocenters. The summed E-state index contributed by atoms with van der Waals surface area (Å²) in [5.41, 5.74) is 5.05. The zero-order chi connectivity index (χ0) is 47.2. The maximum atomic E-state index is 14.1. The van der Waals surface area contributed by atoms with Crippen molar-refractivity contribution < 1.29 is 24.0 Å². The minimum Gasteiger partial charge on any atom is -0.357 e. The number of piperidine rings is 2. The highest BCUT2D eigenvalue weighted by Gasteiger charge is 2.37. The summed E-state index contributed by atoms with van der Waals surface area (Å²) in [5, 5.41) is 23.6. The first-order valence-electron chi connectivity index (χ1n) is 22.7. The van der Waals surface area contributed by atoms with Gasteiger partial charge in [-0.2, -0.15) is 10.2 Å². The van der Waals surface area contributed by atoms with Crippen LogP contribution in [-0.4, -0.2) is 134 Å². The van der Waals surface area contributed by atoms with Crippen molar-refractivity contribution >= 4 is 93.9 Å². The van der Waals surface area contributed by atoms with Crippen LogP contribution in [0.4, 0.5) is 27.8 Å². The molecule has 0 radical (unpaired) electrons. The molecule has 67 heavy (non-hydrogen) atoms. The highest BCUT2D eigenvalue weighted by Crippen LogP contribution is 2.36. The third-order valence-corrected chi connectivity index (χ3v) is 13.9. The van der Waals surface area contributed by atoms with E-state index in [-0.39, 0.29) is 57.4 Å². The van der Waals surface area contributed by atoms with Gasteiger partial charge in [-0.25, -0.2) is 24.3 Å². The molecule has 20 nitrogen and oxygen atoms in total. The minimum atomic E-state index is -0.616. The Kier molecular flexibility index (Phi) is 14.9. The van der Waals surface area contributed by atoms with Crippen molar-refractivity contribution in [2.24, 2.45) is 22.9 Å². The van der Waals surface area contributed by atoms with Crippen LogP contribution >= 0.6 is 23.2 Å². The lowest BCUT2D eigenvalue weighted by Gasteiger charge is -2.40. The van der Waals surface area contributed by atoms with Crippen LogP contribution in [0, 0.1) is 23.2 Å². The first-order chi connectivity index (χ1) is 32.3. The summed E-state index contributed by atoms with van der Waals surface area (Å²) in [6.07, 6.45) is 12.2. The van der Waals surface area contributed by atoms with Crippen LogP contribution in [0.5, 0.6) is 0 Å². The van der Waals surface area contributed by atoms with E-state index in [0.29, 0.717) is 80.2 Å². The van der Waals surface area contributed by atoms with E-state index >= 15 is 0 Å². The molecule has 0 aromatic carbocycles. The van der Waals surface area contributed by atoms with E-state index in [1.165, 1.54) is 29.2 Å². The molecule has 6 amide bonds. The number of pyridine rings is 2. The number of piperazine rings is 1. The number of imide groups is 1. The van der Waals surface area contributed by atoms with Gasteiger partial charge >= 0.3 is 6.03 Å². The number of nitrogens with zero attached hydrogens (tertiary/aromatic N) is 10. The van der Waals surface area contributed by atoms with Crippen LogP contribution in [0.3, 0.4) is 0 Å². The van der Waals surface area contributed by atoms with Gasteiger partial charge in [-0.15, -0.1) is 0 Å². The minimum absolute atomic E-state index is 0.0622. The van der Waals surface area contributed by atoms with Gasteiger partial charge in [0.25, 0.3) is 0 Å². The predicted molar refractivity (Wildman–Crippen MR) is 255 cm³/mol. The van der Waals surface area contributed by atoms with Crippen LogP contribution in [-0.2, 0) is 19.2 Å². The van der Waals surface area contributed by atoms with Crippen LogP contribution in [0.1, 0.15) is 81.5 Å². The molecular weight excluding hydrogens is 902 g/mol. The van der Waals surface area contributed by atoms with Crippen molar-refractivity contribution in [3.05, 3.63) is 64.3 Å². The molecule has 1 saturated carbocycles. The normalized spacial score (nSPS) is 21.2. The van der Waals surface area contributed by atoms with Crippen molar-refractivity contribution in [3.8, 4) is 0 Å². The first-order valence-corrected chi connectivity index (χ1v) is 23.5. The summed E-state index contributed by atoms with van der Waals surface area (Å²) < 4.78 is 1.52. The van der Waals surface area contributed by atoms with E-state index < -0.39 is 12.1 Å². The number of carbonyl (C=O) groups is 5. The maximum Gasteiger partial charge on any atom is 0.323 e. The molecule has 4 fully saturated rings. The van der Waals surface area contributed by atoms with Crippen molar-refractivity contribution in [2.45, 2.75) is 70.3 Å². The van der Waals surface area contributed by atoms with Crippen LogP contribution in [0.2, 0.25) is 10.2 Å². The maximum absolute atomic E-state index is 14.1. The Bertz CT molecular complexity index is 2530. The van der Waals surface area contributed by atoms with Gasteiger partial charge in [0.2, 0.25) is 23.6 Å². The number of hydrogen-bond acceptors (Lipinski definition) is 14. The summed E-state index contributed by atoms with van der Waals surface area (Å²) in [4.78, 5) is 86.9. The number of urea groups is 1. The Hall–Kier alpha value is -6.25. The standard InChI is InChI=1S/C45H55Cl2N15O5/c1-27(40-35(25-50-38-23-36(47)57-62(38)40)54-45(67)53-32-22-34(46)41(51-24-32)56-52-14-12-48)58(2)43(65)29-3-5-30(6-4-29)44(66)61-19-17-59(18-20-61)26-28-10-15-60(16-11-28)37-21-31(9-13-49-37)33-7-8-39(63)55-42(33)64/h9,12-14,21-25,27-30,33,48H,3-8,10-11,15-20,26H2,1-2H3,(H,51,56)(H2,53,54,67)(H,55,63,64)/b48-12?,52-14-/t27-,29?,30?,33?/m1/s1. The van der Waals surface area contributed by atoms with Crippen LogP contribution < -0.4 is 26.3 Å². The summed E-state index contributed by atoms with van der Waals surface area (Å²) in [6, 6.07) is 5.76. The van der Waals surface area contributed by atoms with E-state index in [4.69, 9.17) is 28.6 Å². The Morgan fingerprint density at radius 3 is 2.40 bits per heavy atom. The average Bonchev–Trinajstić information content (AvgIpc) is 3.72. The number of nitrogens with one attached hydrogen (secondary N) is 5. The second-order valence-electron chi connectivity index (χ2n) is 17.7. The summed E-state index contributed by atoms with van der Waals surface area (Å²) >= 11 is 12.6. The first kappa shape index (κ1) is 47.3. The number of rotatable bonds is 13. The smallest absolute Gasteiger partial charge is 0.323 e. The fourth-order valence-electron chi connectivity index (χ4n) is 9.63. The highest BCUT2D eigenvalue weighted by atomic mass is 35.5. The van der Waals surface area contributed by atoms with E-state index in [2.05, 4.69) is 56.3 Å². The molecule has 4 aromatic rings. The van der Waals surface area contributed by atoms with Crippen molar-refractivity contribution in [1.29, 1.82) is 5.41 Å². The lowest BCUT2D eigenvalue weighted by molar-refractivity contribution is -0.142. The average molecular weight is 957 g/mol. The summed E-state index contributed by atoms with van der Waals surface area (Å²) in [6.45, 7) is 7.66. The number of fused-ring (bicyclic) bond motifs is 1. The molecule has 1 aliphatic carbocycles. The number of hydrazone groups is 1. The molecule has 0 spiro atoms. The van der Waals surface area contributed by atoms with Gasteiger partial charge in [-0.05, 0) is 81.5 Å². The fourth-order valence-corrected chi connectivity index (χ4v) is 10.0.